The van der Waals surface area contributed by atoms with E-state index in [9.17, 15) is 23.3 Å². The number of aromatic nitrogens is 2. The maximum atomic E-state index is 12.8. The largest absolute Gasteiger partial charge is 0.805 e. The highest BCUT2D eigenvalue weighted by atomic mass is 79.9. The van der Waals surface area contributed by atoms with Crippen molar-refractivity contribution in [1.29, 1.82) is 0 Å². The molecule has 0 amide bonds. The minimum atomic E-state index is -4.89. The summed E-state index contributed by atoms with van der Waals surface area (Å²) in [5.41, 5.74) is -2.57. The van der Waals surface area contributed by atoms with Gasteiger partial charge in [-0.05, 0) is 6.07 Å². The molecule has 0 saturated carbocycles. The standard InChI is InChI=1S/C10H6BrF3N2O2/c11-5-8-9(10(12,13)14)16(18)7-4-2-1-3-6(7)15(8)17/h1-4H,5H2. The highest BCUT2D eigenvalue weighted by Gasteiger charge is 2.46. The molecule has 0 N–H and O–H groups in total. The first kappa shape index (κ1) is 12.9. The summed E-state index contributed by atoms with van der Waals surface area (Å²) in [6.45, 7) is 0. The Morgan fingerprint density at radius 2 is 1.94 bits per heavy atom. The molecule has 96 valence electrons. The molecule has 2 aromatic rings. The second kappa shape index (κ2) is 4.27. The molecule has 0 aliphatic carbocycles. The molecule has 0 saturated heterocycles. The number of rotatable bonds is 1. The Morgan fingerprint density at radius 3 is 2.50 bits per heavy atom. The van der Waals surface area contributed by atoms with Gasteiger partial charge in [0.1, 0.15) is 11.2 Å². The number of halogens is 4. The van der Waals surface area contributed by atoms with Crippen LogP contribution < -0.4 is 4.43 Å². The number of alkyl halides is 4. The fraction of sp³-hybridized carbons (Fsp3) is 0.200. The van der Waals surface area contributed by atoms with Gasteiger partial charge in [-0.3, -0.25) is 0 Å². The molecular weight excluding hydrogens is 317 g/mol. The number of nitrogens with zero attached hydrogens (tertiary/aromatic N) is 2. The number of fused-ring (bicyclic) bond motifs is 1. The van der Waals surface area contributed by atoms with Crippen molar-refractivity contribution in [2.45, 2.75) is 11.5 Å². The fourth-order valence-electron chi connectivity index (χ4n) is 1.68. The highest BCUT2D eigenvalue weighted by molar-refractivity contribution is 9.08. The van der Waals surface area contributed by atoms with E-state index in [0.717, 1.165) is 0 Å². The van der Waals surface area contributed by atoms with Crippen LogP contribution in [0.2, 0.25) is 0 Å². The Balaban J connectivity index is 3.03. The smallest absolute Gasteiger partial charge is 0.484 e. The zero-order valence-electron chi connectivity index (χ0n) is 8.74. The Labute approximate surface area is 107 Å². The SMILES string of the molecule is O=[n+]1c(C(F)(F)F)c(CBr)n([O-])c2ccccc21. The quantitative estimate of drug-likeness (QED) is 0.598. The predicted molar refractivity (Wildman–Crippen MR) is 61.7 cm³/mol. The van der Waals surface area contributed by atoms with Gasteiger partial charge in [-0.15, -0.1) is 0 Å². The van der Waals surface area contributed by atoms with Crippen LogP contribution in [0.25, 0.3) is 11.0 Å². The van der Waals surface area contributed by atoms with Gasteiger partial charge in [0, 0.05) is 11.0 Å². The lowest BCUT2D eigenvalue weighted by Crippen LogP contribution is -2.33. The Hall–Kier alpha value is -1.57. The maximum Gasteiger partial charge on any atom is 0.484 e. The summed E-state index contributed by atoms with van der Waals surface area (Å²) >= 11 is 2.80. The van der Waals surface area contributed by atoms with Gasteiger partial charge in [0.15, 0.2) is 0 Å². The van der Waals surface area contributed by atoms with E-state index in [1.54, 1.807) is 0 Å². The minimum Gasteiger partial charge on any atom is -0.805 e. The molecule has 0 unspecified atom stereocenters. The summed E-state index contributed by atoms with van der Waals surface area (Å²) in [4.78, 5) is 11.7. The first-order valence-corrected chi connectivity index (χ1v) is 5.90. The van der Waals surface area contributed by atoms with Gasteiger partial charge in [0.25, 0.3) is 5.52 Å². The van der Waals surface area contributed by atoms with Crippen molar-refractivity contribution in [3.8, 4) is 0 Å². The van der Waals surface area contributed by atoms with Crippen LogP contribution in [0.3, 0.4) is 0 Å². The van der Waals surface area contributed by atoms with Gasteiger partial charge in [0.2, 0.25) is 0 Å². The maximum absolute atomic E-state index is 12.8. The normalized spacial score (nSPS) is 12.0. The van der Waals surface area contributed by atoms with E-state index in [-0.39, 0.29) is 25.5 Å². The van der Waals surface area contributed by atoms with E-state index in [1.807, 2.05) is 0 Å². The molecule has 1 aromatic carbocycles. The fourth-order valence-corrected chi connectivity index (χ4v) is 2.18. The minimum absolute atomic E-state index is 0.102. The predicted octanol–water partition coefficient (Wildman–Crippen LogP) is 2.82. The van der Waals surface area contributed by atoms with Crippen molar-refractivity contribution >= 4 is 27.0 Å². The van der Waals surface area contributed by atoms with Gasteiger partial charge in [-0.25, -0.2) is 0 Å². The summed E-state index contributed by atoms with van der Waals surface area (Å²) in [7, 11) is 0. The molecule has 2 rings (SSSR count). The molecule has 1 aromatic heterocycles. The third-order valence-corrected chi connectivity index (χ3v) is 2.97. The zero-order chi connectivity index (χ0) is 13.5. The van der Waals surface area contributed by atoms with Crippen molar-refractivity contribution in [2.24, 2.45) is 0 Å². The van der Waals surface area contributed by atoms with Gasteiger partial charge in [-0.2, -0.15) is 13.2 Å². The van der Waals surface area contributed by atoms with E-state index in [1.165, 1.54) is 24.3 Å². The van der Waals surface area contributed by atoms with Crippen LogP contribution in [-0.4, -0.2) is 4.73 Å². The van der Waals surface area contributed by atoms with Crippen LogP contribution in [0.5, 0.6) is 0 Å². The molecule has 0 spiro atoms. The Kier molecular flexibility index (Phi) is 3.05. The van der Waals surface area contributed by atoms with Crippen LogP contribution in [0.1, 0.15) is 11.4 Å². The average molecular weight is 323 g/mol. The Bertz CT molecular complexity index is 666. The number of hydrogen-bond acceptors (Lipinski definition) is 2. The van der Waals surface area contributed by atoms with Crippen LogP contribution in [0.4, 0.5) is 13.2 Å². The zero-order valence-corrected chi connectivity index (χ0v) is 10.3. The second-order valence-electron chi connectivity index (χ2n) is 3.50. The van der Waals surface area contributed by atoms with Crippen LogP contribution >= 0.6 is 15.9 Å². The Morgan fingerprint density at radius 1 is 1.33 bits per heavy atom. The molecule has 1 heterocycles. The van der Waals surface area contributed by atoms with Crippen molar-refractivity contribution in [3.05, 3.63) is 45.8 Å². The van der Waals surface area contributed by atoms with Crippen molar-refractivity contribution < 1.29 is 17.6 Å². The molecule has 0 aliphatic heterocycles. The number of benzene rings is 1. The van der Waals surface area contributed by atoms with Crippen molar-refractivity contribution in [2.75, 3.05) is 0 Å². The summed E-state index contributed by atoms with van der Waals surface area (Å²) in [6, 6.07) is 5.33. The molecule has 0 bridgehead atoms. The molecule has 0 radical (unpaired) electrons. The molecule has 0 aliphatic rings. The number of hydrogen-bond donors (Lipinski definition) is 0. The highest BCUT2D eigenvalue weighted by Crippen LogP contribution is 2.31. The molecule has 18 heavy (non-hydrogen) atoms. The summed E-state index contributed by atoms with van der Waals surface area (Å²) in [5.74, 6) is 0. The summed E-state index contributed by atoms with van der Waals surface area (Å²) in [5, 5.41) is 11.5. The van der Waals surface area contributed by atoms with Crippen molar-refractivity contribution in [3.63, 3.8) is 0 Å². The van der Waals surface area contributed by atoms with E-state index in [4.69, 9.17) is 0 Å². The first-order chi connectivity index (χ1) is 8.38. The monoisotopic (exact) mass is 322 g/mol. The van der Waals surface area contributed by atoms with E-state index in [0.29, 0.717) is 0 Å². The third-order valence-electron chi connectivity index (χ3n) is 2.44. The van der Waals surface area contributed by atoms with Gasteiger partial charge >= 0.3 is 11.9 Å². The van der Waals surface area contributed by atoms with Crippen molar-refractivity contribution in [1.82, 2.24) is 4.73 Å². The molecular formula is C10H6BrF3N2O2. The molecule has 0 fully saturated rings. The lowest BCUT2D eigenvalue weighted by molar-refractivity contribution is -0.501. The van der Waals surface area contributed by atoms with E-state index < -0.39 is 17.6 Å². The number of para-hydroxylation sites is 2. The van der Waals surface area contributed by atoms with Gasteiger partial charge < -0.3 is 9.94 Å². The topological polar surface area (TPSA) is 51.0 Å². The van der Waals surface area contributed by atoms with E-state index in [2.05, 4.69) is 15.9 Å². The van der Waals surface area contributed by atoms with Gasteiger partial charge in [0.05, 0.1) is 9.76 Å². The van der Waals surface area contributed by atoms with E-state index >= 15 is 0 Å². The molecule has 0 atom stereocenters. The second-order valence-corrected chi connectivity index (χ2v) is 4.06. The summed E-state index contributed by atoms with van der Waals surface area (Å²) in [6.07, 6.45) is -4.89. The first-order valence-electron chi connectivity index (χ1n) is 4.77. The molecule has 8 heteroatoms. The summed E-state index contributed by atoms with van der Waals surface area (Å²) < 4.78 is 38.3. The average Bonchev–Trinajstić information content (AvgIpc) is 2.32. The van der Waals surface area contributed by atoms with Gasteiger partial charge in [-0.1, -0.05) is 28.1 Å². The van der Waals surface area contributed by atoms with Crippen LogP contribution in [0, 0.1) is 10.1 Å². The third kappa shape index (κ3) is 1.86. The molecule has 4 nitrogen and oxygen atoms in total. The lowest BCUT2D eigenvalue weighted by atomic mass is 10.2. The van der Waals surface area contributed by atoms with Crippen LogP contribution in [0.15, 0.2) is 24.3 Å². The lowest BCUT2D eigenvalue weighted by Gasteiger charge is -2.18. The van der Waals surface area contributed by atoms with Crippen LogP contribution in [-0.2, 0) is 11.5 Å².